The first-order valence-electron chi connectivity index (χ1n) is 6.34. The maximum Gasteiger partial charge on any atom is 0.252 e. The molecule has 0 saturated heterocycles. The lowest BCUT2D eigenvalue weighted by molar-refractivity contribution is 0.0954. The Morgan fingerprint density at radius 1 is 1.26 bits per heavy atom. The zero-order valence-corrected chi connectivity index (χ0v) is 11.8. The number of nitrogens with one attached hydrogen (secondary N) is 1. The second kappa shape index (κ2) is 6.95. The average molecular weight is 274 g/mol. The fraction of sp³-hybridized carbons (Fsp3) is 0.267. The molecule has 1 aromatic carbocycles. The Bertz CT molecular complexity index is 496. The van der Waals surface area contributed by atoms with E-state index in [0.29, 0.717) is 6.54 Å². The van der Waals surface area contributed by atoms with Crippen LogP contribution in [0.1, 0.15) is 16.8 Å². The van der Waals surface area contributed by atoms with Crippen molar-refractivity contribution < 1.29 is 4.79 Å². The van der Waals surface area contributed by atoms with Gasteiger partial charge in [0.05, 0.1) is 0 Å². The summed E-state index contributed by atoms with van der Waals surface area (Å²) in [6.45, 7) is 1.62. The molecule has 0 aliphatic carbocycles. The summed E-state index contributed by atoms with van der Waals surface area (Å²) in [4.78, 5) is 13.9. The summed E-state index contributed by atoms with van der Waals surface area (Å²) in [5, 5.41) is 6.71. The molecule has 1 aromatic heterocycles. The van der Waals surface area contributed by atoms with Crippen molar-refractivity contribution in [1.29, 1.82) is 0 Å². The number of thiophene rings is 1. The Morgan fingerprint density at radius 2 is 2.05 bits per heavy atom. The van der Waals surface area contributed by atoms with E-state index in [2.05, 4.69) is 29.4 Å². The van der Waals surface area contributed by atoms with E-state index in [1.165, 1.54) is 5.69 Å². The Morgan fingerprint density at radius 3 is 2.74 bits per heavy atom. The highest BCUT2D eigenvalue weighted by Crippen LogP contribution is 2.10. The zero-order chi connectivity index (χ0) is 13.5. The van der Waals surface area contributed by atoms with Crippen LogP contribution in [0.15, 0.2) is 47.2 Å². The van der Waals surface area contributed by atoms with Crippen LogP contribution in [-0.4, -0.2) is 26.0 Å². The number of hydrogen-bond acceptors (Lipinski definition) is 3. The molecular weight excluding hydrogens is 256 g/mol. The maximum absolute atomic E-state index is 11.7. The second-order valence-electron chi connectivity index (χ2n) is 4.38. The lowest BCUT2D eigenvalue weighted by Gasteiger charge is -2.19. The van der Waals surface area contributed by atoms with Crippen LogP contribution in [0.3, 0.4) is 0 Å². The molecule has 0 fully saturated rings. The van der Waals surface area contributed by atoms with Crippen molar-refractivity contribution in [2.75, 3.05) is 25.0 Å². The van der Waals surface area contributed by atoms with Crippen LogP contribution < -0.4 is 10.2 Å². The van der Waals surface area contributed by atoms with E-state index in [9.17, 15) is 4.79 Å². The first-order valence-corrected chi connectivity index (χ1v) is 7.28. The number of hydrogen-bond donors (Lipinski definition) is 1. The molecule has 0 unspecified atom stereocenters. The maximum atomic E-state index is 11.7. The molecule has 3 nitrogen and oxygen atoms in total. The van der Waals surface area contributed by atoms with E-state index in [-0.39, 0.29) is 5.91 Å². The zero-order valence-electron chi connectivity index (χ0n) is 11.0. The molecule has 0 bridgehead atoms. The monoisotopic (exact) mass is 274 g/mol. The Labute approximate surface area is 117 Å². The molecule has 1 heterocycles. The van der Waals surface area contributed by atoms with Crippen LogP contribution in [-0.2, 0) is 0 Å². The Balaban J connectivity index is 1.68. The normalized spacial score (nSPS) is 10.2. The van der Waals surface area contributed by atoms with E-state index in [0.717, 1.165) is 18.5 Å². The van der Waals surface area contributed by atoms with Crippen molar-refractivity contribution >= 4 is 22.9 Å². The molecule has 0 saturated carbocycles. The van der Waals surface area contributed by atoms with E-state index in [1.54, 1.807) is 11.3 Å². The molecule has 100 valence electrons. The number of rotatable bonds is 6. The van der Waals surface area contributed by atoms with Gasteiger partial charge in [0.1, 0.15) is 0 Å². The van der Waals surface area contributed by atoms with Crippen LogP contribution in [0.5, 0.6) is 0 Å². The highest BCUT2D eigenvalue weighted by molar-refractivity contribution is 7.08. The van der Waals surface area contributed by atoms with Crippen molar-refractivity contribution in [2.24, 2.45) is 0 Å². The Kier molecular flexibility index (Phi) is 4.98. The molecule has 2 aromatic rings. The molecule has 1 amide bonds. The van der Waals surface area contributed by atoms with E-state index in [4.69, 9.17) is 0 Å². The Hall–Kier alpha value is -1.81. The van der Waals surface area contributed by atoms with Gasteiger partial charge in [-0.25, -0.2) is 0 Å². The van der Waals surface area contributed by atoms with E-state index in [1.807, 2.05) is 35.0 Å². The molecule has 2 rings (SSSR count). The SMILES string of the molecule is CN(CCCNC(=O)c1ccsc1)c1ccccc1. The topological polar surface area (TPSA) is 32.3 Å². The van der Waals surface area contributed by atoms with Gasteiger partial charge in [-0.3, -0.25) is 4.79 Å². The molecular formula is C15H18N2OS. The fourth-order valence-electron chi connectivity index (χ4n) is 1.83. The van der Waals surface area contributed by atoms with Crippen LogP contribution in [0.25, 0.3) is 0 Å². The summed E-state index contributed by atoms with van der Waals surface area (Å²) < 4.78 is 0. The largest absolute Gasteiger partial charge is 0.375 e. The van der Waals surface area contributed by atoms with Gasteiger partial charge in [0.2, 0.25) is 0 Å². The van der Waals surface area contributed by atoms with Gasteiger partial charge in [0.15, 0.2) is 0 Å². The number of carbonyl (C=O) groups excluding carboxylic acids is 1. The molecule has 0 radical (unpaired) electrons. The minimum absolute atomic E-state index is 0.0172. The lowest BCUT2D eigenvalue weighted by atomic mass is 10.2. The summed E-state index contributed by atoms with van der Waals surface area (Å²) in [5.74, 6) is 0.0172. The van der Waals surface area contributed by atoms with Gasteiger partial charge < -0.3 is 10.2 Å². The van der Waals surface area contributed by atoms with E-state index < -0.39 is 0 Å². The molecule has 1 N–H and O–H groups in total. The predicted molar refractivity (Wildman–Crippen MR) is 81.0 cm³/mol. The van der Waals surface area contributed by atoms with Gasteiger partial charge in [-0.15, -0.1) is 0 Å². The minimum atomic E-state index is 0.0172. The third-order valence-corrected chi connectivity index (χ3v) is 3.62. The van der Waals surface area contributed by atoms with Crippen molar-refractivity contribution in [2.45, 2.75) is 6.42 Å². The molecule has 0 spiro atoms. The van der Waals surface area contributed by atoms with Gasteiger partial charge >= 0.3 is 0 Å². The number of carbonyl (C=O) groups is 1. The fourth-order valence-corrected chi connectivity index (χ4v) is 2.46. The van der Waals surface area contributed by atoms with Gasteiger partial charge in [0.25, 0.3) is 5.91 Å². The first-order chi connectivity index (χ1) is 9.27. The molecule has 4 heteroatoms. The number of amides is 1. The summed E-state index contributed by atoms with van der Waals surface area (Å²) in [7, 11) is 2.07. The van der Waals surface area contributed by atoms with E-state index >= 15 is 0 Å². The highest BCUT2D eigenvalue weighted by atomic mass is 32.1. The number of benzene rings is 1. The molecule has 0 atom stereocenters. The highest BCUT2D eigenvalue weighted by Gasteiger charge is 2.04. The summed E-state index contributed by atoms with van der Waals surface area (Å²) in [5.41, 5.74) is 1.95. The van der Waals surface area contributed by atoms with Crippen LogP contribution >= 0.6 is 11.3 Å². The van der Waals surface area contributed by atoms with Crippen molar-refractivity contribution in [3.63, 3.8) is 0 Å². The van der Waals surface area contributed by atoms with Crippen molar-refractivity contribution in [1.82, 2.24) is 5.32 Å². The van der Waals surface area contributed by atoms with Gasteiger partial charge in [0, 0.05) is 36.8 Å². The third-order valence-electron chi connectivity index (χ3n) is 2.94. The quantitative estimate of drug-likeness (QED) is 0.821. The summed E-state index contributed by atoms with van der Waals surface area (Å²) >= 11 is 1.54. The molecule has 0 aliphatic heterocycles. The number of para-hydroxylation sites is 1. The van der Waals surface area contributed by atoms with Gasteiger partial charge in [-0.2, -0.15) is 11.3 Å². The lowest BCUT2D eigenvalue weighted by Crippen LogP contribution is -2.27. The van der Waals surface area contributed by atoms with Crippen LogP contribution in [0.4, 0.5) is 5.69 Å². The van der Waals surface area contributed by atoms with Crippen LogP contribution in [0.2, 0.25) is 0 Å². The predicted octanol–water partition coefficient (Wildman–Crippen LogP) is 3.00. The summed E-state index contributed by atoms with van der Waals surface area (Å²) in [6.07, 6.45) is 0.932. The van der Waals surface area contributed by atoms with Gasteiger partial charge in [-0.05, 0) is 30.0 Å². The third kappa shape index (κ3) is 4.10. The first kappa shape index (κ1) is 13.6. The van der Waals surface area contributed by atoms with Crippen LogP contribution in [0, 0.1) is 0 Å². The smallest absolute Gasteiger partial charge is 0.252 e. The van der Waals surface area contributed by atoms with Gasteiger partial charge in [-0.1, -0.05) is 18.2 Å². The average Bonchev–Trinajstić information content (AvgIpc) is 2.98. The molecule has 0 aliphatic rings. The standard InChI is InChI=1S/C15H18N2OS/c1-17(14-6-3-2-4-7-14)10-5-9-16-15(18)13-8-11-19-12-13/h2-4,6-8,11-12H,5,9-10H2,1H3,(H,16,18). The second-order valence-corrected chi connectivity index (χ2v) is 5.16. The minimum Gasteiger partial charge on any atom is -0.375 e. The summed E-state index contributed by atoms with van der Waals surface area (Å²) in [6, 6.07) is 12.1. The van der Waals surface area contributed by atoms with Crippen molar-refractivity contribution in [3.05, 3.63) is 52.7 Å². The number of nitrogens with zero attached hydrogens (tertiary/aromatic N) is 1. The molecule has 19 heavy (non-hydrogen) atoms. The number of anilines is 1. The van der Waals surface area contributed by atoms with Crippen molar-refractivity contribution in [3.8, 4) is 0 Å².